The molecule has 7 N–H and O–H groups in total. The molecule has 0 fully saturated rings. The van der Waals surface area contributed by atoms with E-state index >= 15 is 0 Å². The van der Waals surface area contributed by atoms with Crippen molar-refractivity contribution in [1.82, 2.24) is 16.0 Å². The monoisotopic (exact) mass is 950 g/mol. The molecule has 4 amide bonds. The Kier molecular flexibility index (Phi) is 44.3. The molecule has 0 rings (SSSR count). The summed E-state index contributed by atoms with van der Waals surface area (Å²) in [5.74, 6) is -1.91. The van der Waals surface area contributed by atoms with E-state index < -0.39 is 29.8 Å². The molecule has 0 saturated heterocycles. The number of unbranched alkanes of at least 4 members (excludes halogenated alkanes) is 22. The van der Waals surface area contributed by atoms with Gasteiger partial charge in [-0.1, -0.05) is 169 Å². The molecule has 0 aromatic carbocycles. The first-order valence-corrected chi connectivity index (χ1v) is 27.7. The van der Waals surface area contributed by atoms with Gasteiger partial charge in [-0.05, 0) is 77.0 Å². The van der Waals surface area contributed by atoms with Crippen LogP contribution in [0.4, 0.5) is 0 Å². The number of nitrogens with one attached hydrogen (secondary N) is 3. The van der Waals surface area contributed by atoms with Gasteiger partial charge in [0.2, 0.25) is 23.6 Å². The van der Waals surface area contributed by atoms with Crippen molar-refractivity contribution in [3.8, 4) is 0 Å². The van der Waals surface area contributed by atoms with E-state index in [0.29, 0.717) is 32.7 Å². The molecule has 4 atom stereocenters. The molecule has 67 heavy (non-hydrogen) atoms. The second-order valence-electron chi connectivity index (χ2n) is 19.2. The number of rotatable bonds is 49. The van der Waals surface area contributed by atoms with Gasteiger partial charge < -0.3 is 36.9 Å². The lowest BCUT2D eigenvalue weighted by Crippen LogP contribution is -2.52. The minimum absolute atomic E-state index is 0.00112. The van der Waals surface area contributed by atoms with Crippen LogP contribution in [0.25, 0.3) is 0 Å². The Bertz CT molecular complexity index is 1250. The van der Waals surface area contributed by atoms with Crippen LogP contribution in [0.1, 0.15) is 259 Å². The number of carbonyl (C=O) groups is 6. The van der Waals surface area contributed by atoms with Gasteiger partial charge in [-0.25, -0.2) is 0 Å². The summed E-state index contributed by atoms with van der Waals surface area (Å²) in [5.41, 5.74) is 11.2. The van der Waals surface area contributed by atoms with Gasteiger partial charge in [0.25, 0.3) is 0 Å². The molecule has 0 aliphatic rings. The number of hydrogen-bond acceptors (Lipinski definition) is 9. The maximum absolute atomic E-state index is 13.3. The van der Waals surface area contributed by atoms with E-state index in [4.69, 9.17) is 20.9 Å². The van der Waals surface area contributed by atoms with E-state index in [-0.39, 0.29) is 55.4 Å². The SMILES string of the molecule is CCCCCCCCC(CCCCCC)C(=O)OCCCCCCNC(=O)CCC(NC(=O)C(N)CCC(N)=O)C(=O)NCCCCCCOC(=O)C(CCCCCC)CCCCCCCC. The van der Waals surface area contributed by atoms with E-state index in [2.05, 4.69) is 43.6 Å². The smallest absolute Gasteiger partial charge is 0.308 e. The van der Waals surface area contributed by atoms with Crippen molar-refractivity contribution in [2.75, 3.05) is 26.3 Å². The quantitative estimate of drug-likeness (QED) is 0.0290. The average molecular weight is 950 g/mol. The normalized spacial score (nSPS) is 13.0. The summed E-state index contributed by atoms with van der Waals surface area (Å²) in [6, 6.07) is -2.00. The summed E-state index contributed by atoms with van der Waals surface area (Å²) in [4.78, 5) is 76.1. The molecule has 0 saturated carbocycles. The number of hydrogen-bond donors (Lipinski definition) is 5. The number of amides is 4. The van der Waals surface area contributed by atoms with E-state index in [9.17, 15) is 28.8 Å². The maximum atomic E-state index is 13.3. The molecule has 0 radical (unpaired) electrons. The van der Waals surface area contributed by atoms with Crippen LogP contribution in [-0.2, 0) is 38.2 Å². The molecular formula is C54H103N5O8. The van der Waals surface area contributed by atoms with Gasteiger partial charge >= 0.3 is 11.9 Å². The lowest BCUT2D eigenvalue weighted by Gasteiger charge is -2.20. The van der Waals surface area contributed by atoms with Gasteiger partial charge in [0.05, 0.1) is 31.1 Å². The van der Waals surface area contributed by atoms with Crippen LogP contribution >= 0.6 is 0 Å². The van der Waals surface area contributed by atoms with Crippen LogP contribution in [0.5, 0.6) is 0 Å². The molecule has 0 spiro atoms. The van der Waals surface area contributed by atoms with Crippen molar-refractivity contribution in [1.29, 1.82) is 0 Å². The molecular weight excluding hydrogens is 847 g/mol. The van der Waals surface area contributed by atoms with Crippen LogP contribution in [-0.4, -0.2) is 74.0 Å². The maximum Gasteiger partial charge on any atom is 0.308 e. The number of ether oxygens (including phenoxy) is 2. The predicted octanol–water partition coefficient (Wildman–Crippen LogP) is 11.0. The molecule has 0 aromatic rings. The molecule has 392 valence electrons. The third kappa shape index (κ3) is 39.3. The van der Waals surface area contributed by atoms with Gasteiger partial charge in [0, 0.05) is 25.9 Å². The summed E-state index contributed by atoms with van der Waals surface area (Å²) >= 11 is 0. The van der Waals surface area contributed by atoms with Crippen LogP contribution < -0.4 is 27.4 Å². The highest BCUT2D eigenvalue weighted by molar-refractivity contribution is 5.90. The Labute approximate surface area is 409 Å². The van der Waals surface area contributed by atoms with Crippen LogP contribution in [0.15, 0.2) is 0 Å². The number of nitrogens with two attached hydrogens (primary N) is 2. The molecule has 0 aromatic heterocycles. The van der Waals surface area contributed by atoms with Crippen molar-refractivity contribution in [3.05, 3.63) is 0 Å². The van der Waals surface area contributed by atoms with Gasteiger partial charge in [-0.3, -0.25) is 28.8 Å². The van der Waals surface area contributed by atoms with Crippen LogP contribution in [0.3, 0.4) is 0 Å². The summed E-state index contributed by atoms with van der Waals surface area (Å²) in [7, 11) is 0. The third-order valence-electron chi connectivity index (χ3n) is 12.9. The molecule has 13 nitrogen and oxygen atoms in total. The molecule has 0 heterocycles. The van der Waals surface area contributed by atoms with Crippen molar-refractivity contribution in [2.24, 2.45) is 23.3 Å². The Balaban J connectivity index is 4.73. The summed E-state index contributed by atoms with van der Waals surface area (Å²) < 4.78 is 11.5. The Morgan fingerprint density at radius 1 is 0.418 bits per heavy atom. The Hall–Kier alpha value is -3.22. The largest absolute Gasteiger partial charge is 0.465 e. The fourth-order valence-corrected chi connectivity index (χ4v) is 8.38. The summed E-state index contributed by atoms with van der Waals surface area (Å²) in [5, 5.41) is 8.49. The fourth-order valence-electron chi connectivity index (χ4n) is 8.38. The zero-order valence-electron chi connectivity index (χ0n) is 43.5. The van der Waals surface area contributed by atoms with E-state index in [1.54, 1.807) is 0 Å². The second-order valence-corrected chi connectivity index (χ2v) is 19.2. The van der Waals surface area contributed by atoms with E-state index in [1.165, 1.54) is 89.9 Å². The Morgan fingerprint density at radius 3 is 1.22 bits per heavy atom. The lowest BCUT2D eigenvalue weighted by atomic mass is 9.94. The zero-order valence-corrected chi connectivity index (χ0v) is 43.5. The molecule has 0 aliphatic carbocycles. The first-order chi connectivity index (χ1) is 32.5. The number of primary amides is 1. The molecule has 0 aliphatic heterocycles. The molecule has 13 heteroatoms. The minimum Gasteiger partial charge on any atom is -0.465 e. The van der Waals surface area contributed by atoms with Crippen molar-refractivity contribution in [2.45, 2.75) is 271 Å². The summed E-state index contributed by atoms with van der Waals surface area (Å²) in [6.45, 7) is 10.5. The summed E-state index contributed by atoms with van der Waals surface area (Å²) in [6.07, 6.45) is 33.9. The average Bonchev–Trinajstić information content (AvgIpc) is 3.31. The zero-order chi connectivity index (χ0) is 49.6. The lowest BCUT2D eigenvalue weighted by molar-refractivity contribution is -0.150. The third-order valence-corrected chi connectivity index (χ3v) is 12.9. The number of esters is 2. The van der Waals surface area contributed by atoms with Gasteiger partial charge in [-0.15, -0.1) is 0 Å². The van der Waals surface area contributed by atoms with Crippen LogP contribution in [0, 0.1) is 11.8 Å². The first-order valence-electron chi connectivity index (χ1n) is 27.7. The topological polar surface area (TPSA) is 209 Å². The van der Waals surface area contributed by atoms with Crippen LogP contribution in [0.2, 0.25) is 0 Å². The second kappa shape index (κ2) is 46.5. The van der Waals surface area contributed by atoms with E-state index in [0.717, 1.165) is 109 Å². The minimum atomic E-state index is -1.02. The van der Waals surface area contributed by atoms with Gasteiger partial charge in [0.1, 0.15) is 6.04 Å². The fraction of sp³-hybridized carbons (Fsp3) is 0.889. The van der Waals surface area contributed by atoms with Gasteiger partial charge in [0.15, 0.2) is 0 Å². The first kappa shape index (κ1) is 63.8. The molecule has 0 bridgehead atoms. The highest BCUT2D eigenvalue weighted by atomic mass is 16.5. The van der Waals surface area contributed by atoms with Crippen molar-refractivity contribution < 1.29 is 38.2 Å². The van der Waals surface area contributed by atoms with Gasteiger partial charge in [-0.2, -0.15) is 0 Å². The Morgan fingerprint density at radius 2 is 0.791 bits per heavy atom. The highest BCUT2D eigenvalue weighted by Gasteiger charge is 2.25. The molecule has 4 unspecified atom stereocenters. The predicted molar refractivity (Wildman–Crippen MR) is 273 cm³/mol. The standard InChI is InChI=1S/C54H103N5O8/c1-5-9-13-17-19-27-35-45(33-25-15-11-7-3)53(64)66-43-31-23-21-29-41-57-50(61)40-38-48(59-51(62)47(55)37-39-49(56)60)52(63)58-42-30-22-24-32-44-67-54(65)46(34-26-16-12-8-4)36-28-20-18-14-10-6-2/h45-48H,5-44,55H2,1-4H3,(H2,56,60)(H,57,61)(H,58,63)(H,59,62). The van der Waals surface area contributed by atoms with E-state index in [1.807, 2.05) is 0 Å². The number of carbonyl (C=O) groups excluding carboxylic acids is 6. The highest BCUT2D eigenvalue weighted by Crippen LogP contribution is 2.22. The van der Waals surface area contributed by atoms with Crippen molar-refractivity contribution in [3.63, 3.8) is 0 Å². The van der Waals surface area contributed by atoms with Crippen molar-refractivity contribution >= 4 is 35.6 Å².